The Morgan fingerprint density at radius 1 is 1.53 bits per heavy atom. The van der Waals surface area contributed by atoms with E-state index in [0.29, 0.717) is 0 Å². The highest BCUT2D eigenvalue weighted by atomic mass is 16.5. The molecule has 1 heterocycles. The first kappa shape index (κ1) is 14.9. The molecule has 0 aliphatic rings. The van der Waals surface area contributed by atoms with Crippen LogP contribution in [0.3, 0.4) is 0 Å². The lowest BCUT2D eigenvalue weighted by Crippen LogP contribution is -2.41. The van der Waals surface area contributed by atoms with Crippen LogP contribution >= 0.6 is 0 Å². The third-order valence-corrected chi connectivity index (χ3v) is 2.61. The number of carbonyl (C=O) groups is 1. The quantitative estimate of drug-likeness (QED) is 0.680. The molecule has 7 nitrogen and oxygen atoms in total. The van der Waals surface area contributed by atoms with E-state index in [4.69, 9.17) is 10.00 Å². The van der Waals surface area contributed by atoms with Gasteiger partial charge in [-0.2, -0.15) is 5.26 Å². The molecule has 0 aliphatic carbocycles. The molecule has 0 amide bonds. The maximum Gasteiger partial charge on any atom is 0.330 e. The van der Waals surface area contributed by atoms with E-state index < -0.39 is 23.1 Å². The predicted octanol–water partition coefficient (Wildman–Crippen LogP) is -0.322. The van der Waals surface area contributed by atoms with Crippen LogP contribution in [0.4, 0.5) is 0 Å². The van der Waals surface area contributed by atoms with Crippen LogP contribution in [0.15, 0.2) is 15.8 Å². The minimum atomic E-state index is -0.611. The number of ketones is 1. The molecule has 0 spiro atoms. The summed E-state index contributed by atoms with van der Waals surface area (Å²) in [5.41, 5.74) is -1.18. The Morgan fingerprint density at radius 3 is 2.68 bits per heavy atom. The lowest BCUT2D eigenvalue weighted by molar-refractivity contribution is 0.0935. The molecule has 1 atom stereocenters. The highest BCUT2D eigenvalue weighted by Gasteiger charge is 2.12. The van der Waals surface area contributed by atoms with Crippen LogP contribution in [-0.4, -0.2) is 27.6 Å². The summed E-state index contributed by atoms with van der Waals surface area (Å²) in [6.45, 7) is 3.16. The van der Waals surface area contributed by atoms with Crippen molar-refractivity contribution in [2.24, 2.45) is 7.05 Å². The normalized spacial score (nSPS) is 11.9. The van der Waals surface area contributed by atoms with Crippen molar-refractivity contribution >= 4 is 5.78 Å². The zero-order valence-electron chi connectivity index (χ0n) is 11.0. The minimum absolute atomic E-state index is 0.0459. The van der Waals surface area contributed by atoms with Gasteiger partial charge in [-0.25, -0.2) is 4.79 Å². The van der Waals surface area contributed by atoms with E-state index in [9.17, 15) is 14.4 Å². The van der Waals surface area contributed by atoms with Gasteiger partial charge < -0.3 is 4.74 Å². The molecule has 1 aromatic heterocycles. The maximum atomic E-state index is 11.8. The molecule has 19 heavy (non-hydrogen) atoms. The lowest BCUT2D eigenvalue weighted by Gasteiger charge is -2.10. The largest absolute Gasteiger partial charge is 0.362 e. The lowest BCUT2D eigenvalue weighted by atomic mass is 10.2. The topological polar surface area (TPSA) is 94.1 Å². The first-order chi connectivity index (χ1) is 8.88. The first-order valence-corrected chi connectivity index (χ1v) is 5.71. The number of hydrogen-bond acceptors (Lipinski definition) is 5. The Balaban J connectivity index is 3.03. The average Bonchev–Trinajstić information content (AvgIpc) is 2.38. The number of aromatic nitrogens is 2. The molecule has 0 fully saturated rings. The number of carbonyl (C=O) groups excluding carboxylic acids is 1. The van der Waals surface area contributed by atoms with Crippen LogP contribution in [0.2, 0.25) is 0 Å². The average molecular weight is 265 g/mol. The Hall–Kier alpha value is -2.20. The second-order valence-electron chi connectivity index (χ2n) is 4.08. The molecule has 1 aromatic rings. The van der Waals surface area contributed by atoms with Gasteiger partial charge in [0.2, 0.25) is 0 Å². The van der Waals surface area contributed by atoms with Crippen molar-refractivity contribution in [3.05, 3.63) is 32.6 Å². The van der Waals surface area contributed by atoms with Crippen molar-refractivity contribution in [1.29, 1.82) is 5.26 Å². The Morgan fingerprint density at radius 2 is 2.16 bits per heavy atom. The molecule has 0 saturated carbocycles. The van der Waals surface area contributed by atoms with Gasteiger partial charge in [0.25, 0.3) is 5.56 Å². The SMILES string of the molecule is CC(=O)c1cn(CCOC(C)C#N)c(=O)n(C)c1=O. The second kappa shape index (κ2) is 6.11. The number of ether oxygens (including phenoxy) is 1. The Kier molecular flexibility index (Phi) is 4.78. The summed E-state index contributed by atoms with van der Waals surface area (Å²) in [6.07, 6.45) is 0.656. The molecular weight excluding hydrogens is 250 g/mol. The molecule has 102 valence electrons. The fourth-order valence-corrected chi connectivity index (χ4v) is 1.49. The zero-order chi connectivity index (χ0) is 14.6. The first-order valence-electron chi connectivity index (χ1n) is 5.71. The van der Waals surface area contributed by atoms with Crippen LogP contribution in [0, 0.1) is 11.3 Å². The molecule has 0 radical (unpaired) electrons. The van der Waals surface area contributed by atoms with E-state index >= 15 is 0 Å². The smallest absolute Gasteiger partial charge is 0.330 e. The molecule has 1 rings (SSSR count). The maximum absolute atomic E-state index is 11.8. The monoisotopic (exact) mass is 265 g/mol. The summed E-state index contributed by atoms with van der Waals surface area (Å²) in [4.78, 5) is 34.8. The summed E-state index contributed by atoms with van der Waals surface area (Å²) >= 11 is 0. The van der Waals surface area contributed by atoms with Gasteiger partial charge in [0.1, 0.15) is 6.10 Å². The van der Waals surface area contributed by atoms with Crippen LogP contribution < -0.4 is 11.2 Å². The van der Waals surface area contributed by atoms with Gasteiger partial charge in [-0.3, -0.25) is 18.7 Å². The van der Waals surface area contributed by atoms with Gasteiger partial charge in [-0.15, -0.1) is 0 Å². The van der Waals surface area contributed by atoms with Gasteiger partial charge in [0.15, 0.2) is 5.78 Å². The summed E-state index contributed by atoms with van der Waals surface area (Å²) in [7, 11) is 1.31. The number of hydrogen-bond donors (Lipinski definition) is 0. The van der Waals surface area contributed by atoms with E-state index in [1.807, 2.05) is 6.07 Å². The van der Waals surface area contributed by atoms with Crippen molar-refractivity contribution in [1.82, 2.24) is 9.13 Å². The fourth-order valence-electron chi connectivity index (χ4n) is 1.49. The zero-order valence-corrected chi connectivity index (χ0v) is 11.0. The molecular formula is C12H15N3O4. The molecule has 1 unspecified atom stereocenters. The summed E-state index contributed by atoms with van der Waals surface area (Å²) in [5, 5.41) is 8.55. The molecule has 0 bridgehead atoms. The molecule has 7 heteroatoms. The number of rotatable bonds is 5. The second-order valence-corrected chi connectivity index (χ2v) is 4.08. The molecule has 0 saturated heterocycles. The number of Topliss-reactive ketones (excluding diaryl/α,β-unsaturated/α-hetero) is 1. The predicted molar refractivity (Wildman–Crippen MR) is 67.0 cm³/mol. The van der Waals surface area contributed by atoms with E-state index in [1.54, 1.807) is 6.92 Å². The van der Waals surface area contributed by atoms with Gasteiger partial charge in [-0.05, 0) is 13.8 Å². The summed E-state index contributed by atoms with van der Waals surface area (Å²) < 4.78 is 7.23. The summed E-state index contributed by atoms with van der Waals surface area (Å²) in [6, 6.07) is 1.90. The standard InChI is InChI=1S/C12H15N3O4/c1-8(6-13)19-5-4-15-7-10(9(2)16)11(17)14(3)12(15)18/h7-8H,4-5H2,1-3H3. The van der Waals surface area contributed by atoms with Crippen LogP contribution in [0.5, 0.6) is 0 Å². The number of nitriles is 1. The fraction of sp³-hybridized carbons (Fsp3) is 0.500. The molecule has 0 aromatic carbocycles. The Bertz CT molecular complexity index is 636. The van der Waals surface area contributed by atoms with Crippen LogP contribution in [0.25, 0.3) is 0 Å². The van der Waals surface area contributed by atoms with E-state index in [-0.39, 0.29) is 18.7 Å². The van der Waals surface area contributed by atoms with Crippen LogP contribution in [-0.2, 0) is 18.3 Å². The van der Waals surface area contributed by atoms with E-state index in [0.717, 1.165) is 4.57 Å². The van der Waals surface area contributed by atoms with E-state index in [1.165, 1.54) is 24.7 Å². The van der Waals surface area contributed by atoms with Gasteiger partial charge >= 0.3 is 5.69 Å². The van der Waals surface area contributed by atoms with Gasteiger partial charge in [0.05, 0.1) is 24.8 Å². The van der Waals surface area contributed by atoms with Crippen molar-refractivity contribution in [3.8, 4) is 6.07 Å². The van der Waals surface area contributed by atoms with Gasteiger partial charge in [0, 0.05) is 13.2 Å². The third kappa shape index (κ3) is 3.39. The summed E-state index contributed by atoms with van der Waals surface area (Å²) in [5.74, 6) is -0.402. The van der Waals surface area contributed by atoms with Gasteiger partial charge in [-0.1, -0.05) is 0 Å². The van der Waals surface area contributed by atoms with E-state index in [2.05, 4.69) is 0 Å². The molecule has 0 aliphatic heterocycles. The highest BCUT2D eigenvalue weighted by molar-refractivity contribution is 5.93. The number of nitrogens with zero attached hydrogens (tertiary/aromatic N) is 3. The highest BCUT2D eigenvalue weighted by Crippen LogP contribution is 1.93. The van der Waals surface area contributed by atoms with Crippen molar-refractivity contribution in [2.75, 3.05) is 6.61 Å². The molecule has 0 N–H and O–H groups in total. The third-order valence-electron chi connectivity index (χ3n) is 2.61. The minimum Gasteiger partial charge on any atom is -0.362 e. The van der Waals surface area contributed by atoms with Crippen molar-refractivity contribution < 1.29 is 9.53 Å². The van der Waals surface area contributed by atoms with Crippen molar-refractivity contribution in [2.45, 2.75) is 26.5 Å². The van der Waals surface area contributed by atoms with Crippen molar-refractivity contribution in [3.63, 3.8) is 0 Å². The van der Waals surface area contributed by atoms with Crippen LogP contribution in [0.1, 0.15) is 24.2 Å². The Labute approximate surface area is 109 Å².